The van der Waals surface area contributed by atoms with E-state index in [9.17, 15) is 9.90 Å². The van der Waals surface area contributed by atoms with Gasteiger partial charge in [0.25, 0.3) is 5.91 Å². The number of amides is 1. The number of phenolic OH excluding ortho intramolecular Hbond substituents is 1. The molecule has 2 aromatic carbocycles. The molecule has 2 aliphatic heterocycles. The van der Waals surface area contributed by atoms with Gasteiger partial charge in [0.2, 0.25) is 0 Å². The van der Waals surface area contributed by atoms with Crippen LogP contribution in [0.4, 0.5) is 14.6 Å². The van der Waals surface area contributed by atoms with Crippen LogP contribution in [0.1, 0.15) is 67.2 Å². The van der Waals surface area contributed by atoms with Crippen LogP contribution >= 0.6 is 11.6 Å². The molecule has 2 unspecified atom stereocenters. The maximum absolute atomic E-state index is 17.2. The van der Waals surface area contributed by atoms with Gasteiger partial charge in [0, 0.05) is 50.4 Å². The molecule has 2 atom stereocenters. The molecular formula is C39H43ClF2N8O3. The van der Waals surface area contributed by atoms with Crippen LogP contribution < -0.4 is 9.64 Å². The maximum Gasteiger partial charge on any atom is 0.319 e. The number of hydrogen-bond acceptors (Lipinski definition) is 9. The number of nitrogens with zero attached hydrogens (tertiary/aromatic N) is 8. The van der Waals surface area contributed by atoms with Gasteiger partial charge in [-0.05, 0) is 86.7 Å². The molecule has 1 aliphatic carbocycles. The first-order valence-corrected chi connectivity index (χ1v) is 18.7. The van der Waals surface area contributed by atoms with E-state index >= 15 is 8.78 Å². The summed E-state index contributed by atoms with van der Waals surface area (Å²) in [6.45, 7) is 4.57. The summed E-state index contributed by atoms with van der Waals surface area (Å²) in [7, 11) is 5.47. The Morgan fingerprint density at radius 1 is 1.11 bits per heavy atom. The van der Waals surface area contributed by atoms with Crippen LogP contribution in [0.3, 0.4) is 0 Å². The van der Waals surface area contributed by atoms with Crippen LogP contribution in [0.25, 0.3) is 32.9 Å². The number of benzene rings is 2. The maximum atomic E-state index is 17.2. The standard InChI is InChI=1S/C39H43ClF2N8O3/c1-5-24-27(41)11-10-22-17-23(51)18-25(30(22)24)33-32(42)34-26(19-43-33)36(45-38(44-34)53-21-39-12-6-9-29(39)48(4)14-7-13-39)49-15-8-16-50-28(20-49)31(40)35(46-50)37(52)47(2)3/h10-11,17-19,29,51H,5-9,12-16,20-21H2,1-4H3. The van der Waals surface area contributed by atoms with Crippen molar-refractivity contribution in [3.63, 3.8) is 0 Å². The van der Waals surface area contributed by atoms with Gasteiger partial charge in [-0.25, -0.2) is 8.78 Å². The summed E-state index contributed by atoms with van der Waals surface area (Å²) in [5.41, 5.74) is 1.36. The van der Waals surface area contributed by atoms with Crippen LogP contribution in [0.5, 0.6) is 11.8 Å². The van der Waals surface area contributed by atoms with Gasteiger partial charge in [-0.1, -0.05) is 31.0 Å². The third kappa shape index (κ3) is 6.01. The van der Waals surface area contributed by atoms with Crippen LogP contribution in [0.15, 0.2) is 30.5 Å². The molecule has 5 aromatic rings. The zero-order chi connectivity index (χ0) is 37.2. The van der Waals surface area contributed by atoms with Crippen molar-refractivity contribution in [3.05, 3.63) is 64.1 Å². The molecule has 11 nitrogen and oxygen atoms in total. The number of aromatic nitrogens is 5. The molecule has 1 amide bonds. The molecule has 1 saturated heterocycles. The lowest BCUT2D eigenvalue weighted by atomic mass is 9.76. The average molecular weight is 745 g/mol. The number of aryl methyl sites for hydroxylation is 2. The Bertz CT molecular complexity index is 2260. The van der Waals surface area contributed by atoms with Gasteiger partial charge >= 0.3 is 6.01 Å². The lowest BCUT2D eigenvalue weighted by Gasteiger charge is -2.44. The molecule has 0 radical (unpaired) electrons. The predicted molar refractivity (Wildman–Crippen MR) is 200 cm³/mol. The quantitative estimate of drug-likeness (QED) is 0.188. The molecule has 53 heavy (non-hydrogen) atoms. The van der Waals surface area contributed by atoms with Crippen molar-refractivity contribution < 1.29 is 23.4 Å². The predicted octanol–water partition coefficient (Wildman–Crippen LogP) is 7.00. The minimum absolute atomic E-state index is 0.00509. The van der Waals surface area contributed by atoms with Gasteiger partial charge in [0.15, 0.2) is 11.5 Å². The van der Waals surface area contributed by atoms with Crippen LogP contribution in [0, 0.1) is 17.0 Å². The SMILES string of the molecule is CCc1c(F)ccc2cc(O)cc(-c3ncc4c(N5CCCn6nc(C(=O)N(C)C)c(Cl)c6C5)nc(OCC56CCCC5N(C)CCC6)nc4c3F)c12. The second-order valence-electron chi connectivity index (χ2n) is 14.9. The van der Waals surface area contributed by atoms with Crippen molar-refractivity contribution in [2.75, 3.05) is 45.7 Å². The van der Waals surface area contributed by atoms with Crippen molar-refractivity contribution in [2.24, 2.45) is 5.41 Å². The fourth-order valence-electron chi connectivity index (χ4n) is 8.94. The van der Waals surface area contributed by atoms with Gasteiger partial charge in [-0.15, -0.1) is 0 Å². The van der Waals surface area contributed by atoms with Gasteiger partial charge < -0.3 is 24.5 Å². The highest BCUT2D eigenvalue weighted by atomic mass is 35.5. The number of halogens is 3. The molecule has 0 bridgehead atoms. The third-order valence-corrected chi connectivity index (χ3v) is 11.9. The lowest BCUT2D eigenvalue weighted by Crippen LogP contribution is -2.50. The Balaban J connectivity index is 1.27. The summed E-state index contributed by atoms with van der Waals surface area (Å²) in [6.07, 6.45) is 7.89. The summed E-state index contributed by atoms with van der Waals surface area (Å²) in [4.78, 5) is 33.0. The first-order valence-electron chi connectivity index (χ1n) is 18.3. The number of aromatic hydroxyl groups is 1. The number of rotatable bonds is 7. The minimum atomic E-state index is -0.736. The highest BCUT2D eigenvalue weighted by Crippen LogP contribution is 2.48. The second kappa shape index (κ2) is 13.7. The number of phenols is 1. The van der Waals surface area contributed by atoms with Crippen LogP contribution in [-0.4, -0.2) is 92.4 Å². The summed E-state index contributed by atoms with van der Waals surface area (Å²) in [5, 5.41) is 16.9. The van der Waals surface area contributed by atoms with Crippen molar-refractivity contribution in [1.29, 1.82) is 0 Å². The third-order valence-electron chi connectivity index (χ3n) is 11.5. The molecule has 3 aliphatic rings. The van der Waals surface area contributed by atoms with Crippen LogP contribution in [0.2, 0.25) is 5.02 Å². The number of likely N-dealkylation sites (tertiary alicyclic amines) is 1. The van der Waals surface area contributed by atoms with Gasteiger partial charge in [-0.2, -0.15) is 15.1 Å². The number of piperidine rings is 1. The van der Waals surface area contributed by atoms with Gasteiger partial charge in [0.1, 0.15) is 28.6 Å². The largest absolute Gasteiger partial charge is 0.508 e. The number of ether oxygens (including phenoxy) is 1. The second-order valence-corrected chi connectivity index (χ2v) is 15.3. The molecule has 5 heterocycles. The summed E-state index contributed by atoms with van der Waals surface area (Å²) >= 11 is 6.83. The van der Waals surface area contributed by atoms with E-state index in [1.807, 2.05) is 11.8 Å². The Morgan fingerprint density at radius 3 is 2.72 bits per heavy atom. The van der Waals surface area contributed by atoms with E-state index < -0.39 is 11.6 Å². The fraction of sp³-hybridized carbons (Fsp3) is 0.462. The van der Waals surface area contributed by atoms with E-state index in [2.05, 4.69) is 22.0 Å². The smallest absolute Gasteiger partial charge is 0.319 e. The summed E-state index contributed by atoms with van der Waals surface area (Å²) in [6, 6.07) is 6.32. The number of hydrogen-bond donors (Lipinski definition) is 1. The molecule has 278 valence electrons. The Kier molecular flexibility index (Phi) is 9.13. The topological polar surface area (TPSA) is 113 Å². The highest BCUT2D eigenvalue weighted by Gasteiger charge is 2.47. The Hall–Kier alpha value is -4.62. The van der Waals surface area contributed by atoms with E-state index in [1.165, 1.54) is 29.3 Å². The van der Waals surface area contributed by atoms with Crippen molar-refractivity contribution in [3.8, 4) is 23.0 Å². The van der Waals surface area contributed by atoms with Gasteiger partial charge in [-0.3, -0.25) is 14.5 Å². The molecule has 2 fully saturated rings. The van der Waals surface area contributed by atoms with Gasteiger partial charge in [0.05, 0.1) is 29.3 Å². The first-order chi connectivity index (χ1) is 25.5. The summed E-state index contributed by atoms with van der Waals surface area (Å²) in [5.74, 6) is -1.13. The van der Waals surface area contributed by atoms with Crippen molar-refractivity contribution in [1.82, 2.24) is 34.5 Å². The molecular weight excluding hydrogens is 702 g/mol. The minimum Gasteiger partial charge on any atom is -0.508 e. The zero-order valence-electron chi connectivity index (χ0n) is 30.4. The van der Waals surface area contributed by atoms with E-state index in [-0.39, 0.29) is 57.1 Å². The van der Waals surface area contributed by atoms with Crippen LogP contribution in [-0.2, 0) is 19.5 Å². The number of fused-ring (bicyclic) bond motifs is 4. The summed E-state index contributed by atoms with van der Waals surface area (Å²) < 4.78 is 40.6. The zero-order valence-corrected chi connectivity index (χ0v) is 31.2. The van der Waals surface area contributed by atoms with E-state index in [4.69, 9.17) is 26.3 Å². The number of pyridine rings is 1. The molecule has 14 heteroatoms. The highest BCUT2D eigenvalue weighted by molar-refractivity contribution is 6.34. The average Bonchev–Trinajstić information content (AvgIpc) is 3.64. The van der Waals surface area contributed by atoms with E-state index in [0.29, 0.717) is 71.8 Å². The molecule has 0 spiro atoms. The van der Waals surface area contributed by atoms with E-state index in [1.54, 1.807) is 24.8 Å². The number of carbonyl (C=O) groups excluding carboxylic acids is 1. The Morgan fingerprint density at radius 2 is 1.92 bits per heavy atom. The molecule has 3 aromatic heterocycles. The molecule has 1 N–H and O–H groups in total. The number of carbonyl (C=O) groups is 1. The molecule has 1 saturated carbocycles. The fourth-order valence-corrected chi connectivity index (χ4v) is 9.22. The molecule has 8 rings (SSSR count). The number of anilines is 1. The van der Waals surface area contributed by atoms with Crippen molar-refractivity contribution >= 4 is 45.0 Å². The lowest BCUT2D eigenvalue weighted by molar-refractivity contribution is 0.0133. The normalized spacial score (nSPS) is 20.4. The first kappa shape index (κ1) is 35.4. The Labute approximate surface area is 311 Å². The monoisotopic (exact) mass is 744 g/mol. The van der Waals surface area contributed by atoms with E-state index in [0.717, 1.165) is 38.6 Å². The van der Waals surface area contributed by atoms with Crippen molar-refractivity contribution in [2.45, 2.75) is 71.0 Å².